The Bertz CT molecular complexity index is 1010. The summed E-state index contributed by atoms with van der Waals surface area (Å²) in [6.45, 7) is 7.16. The van der Waals surface area contributed by atoms with Gasteiger partial charge in [-0.3, -0.25) is 0 Å². The second kappa shape index (κ2) is 7.43. The van der Waals surface area contributed by atoms with Crippen molar-refractivity contribution in [3.63, 3.8) is 0 Å². The van der Waals surface area contributed by atoms with E-state index in [0.29, 0.717) is 5.92 Å². The van der Waals surface area contributed by atoms with Crippen molar-refractivity contribution in [2.24, 2.45) is 0 Å². The van der Waals surface area contributed by atoms with Gasteiger partial charge in [0.05, 0.1) is 0 Å². The van der Waals surface area contributed by atoms with Gasteiger partial charge in [-0.1, -0.05) is 69.3 Å². The van der Waals surface area contributed by atoms with E-state index in [1.165, 1.54) is 49.4 Å². The Morgan fingerprint density at radius 1 is 0.852 bits per heavy atom. The zero-order chi connectivity index (χ0) is 19.0. The number of allylic oxidation sites excluding steroid dienone is 2. The van der Waals surface area contributed by atoms with Crippen LogP contribution in [0.3, 0.4) is 0 Å². The van der Waals surface area contributed by atoms with Crippen molar-refractivity contribution in [3.8, 4) is 11.1 Å². The molecule has 4 rings (SSSR count). The van der Waals surface area contributed by atoms with E-state index in [0.717, 1.165) is 6.42 Å². The summed E-state index contributed by atoms with van der Waals surface area (Å²) in [7, 11) is 0. The fraction of sp³-hybridized carbons (Fsp3) is 0.308. The lowest BCUT2D eigenvalue weighted by atomic mass is 9.75. The molecule has 0 aromatic heterocycles. The van der Waals surface area contributed by atoms with Gasteiger partial charge in [0.15, 0.2) is 0 Å². The van der Waals surface area contributed by atoms with Crippen molar-refractivity contribution >= 4 is 33.4 Å². The van der Waals surface area contributed by atoms with E-state index in [-0.39, 0.29) is 5.41 Å². The number of hydrogen-bond acceptors (Lipinski definition) is 0. The summed E-state index contributed by atoms with van der Waals surface area (Å²) in [5.74, 6) is 0.606. The standard InChI is InChI=1S/C26H27I/c1-18-7-5-4-6-14-26(2,3)25-17-22(11-13-24(18)25)19-8-9-21-16-23(27)12-10-20(21)15-19/h4,6,8-13,15-18H,5,7,14H2,1-3H3/b6-4-. The molecule has 0 N–H and O–H groups in total. The topological polar surface area (TPSA) is 0 Å². The minimum absolute atomic E-state index is 0.160. The molecule has 1 unspecified atom stereocenters. The second-order valence-electron chi connectivity index (χ2n) is 8.55. The number of fused-ring (bicyclic) bond motifs is 2. The first-order valence-electron chi connectivity index (χ1n) is 9.93. The predicted octanol–water partition coefficient (Wildman–Crippen LogP) is 8.23. The SMILES string of the molecule is CC1CC/C=C\CC(C)(C)c2cc(-c3ccc4cc(I)ccc4c3)ccc21. The molecule has 138 valence electrons. The normalized spacial score (nSPS) is 20.4. The molecule has 3 aromatic carbocycles. The van der Waals surface area contributed by atoms with Crippen molar-refractivity contribution in [2.45, 2.75) is 51.4 Å². The summed E-state index contributed by atoms with van der Waals surface area (Å²) in [6, 6.07) is 20.7. The van der Waals surface area contributed by atoms with Crippen LogP contribution < -0.4 is 0 Å². The Morgan fingerprint density at radius 2 is 1.56 bits per heavy atom. The van der Waals surface area contributed by atoms with Gasteiger partial charge in [0, 0.05) is 3.57 Å². The lowest BCUT2D eigenvalue weighted by Crippen LogP contribution is -2.19. The van der Waals surface area contributed by atoms with Crippen molar-refractivity contribution in [1.82, 2.24) is 0 Å². The maximum atomic E-state index is 2.46. The maximum absolute atomic E-state index is 2.46. The van der Waals surface area contributed by atoms with Crippen LogP contribution in [0, 0.1) is 3.57 Å². The van der Waals surface area contributed by atoms with E-state index in [1.54, 1.807) is 0 Å². The van der Waals surface area contributed by atoms with E-state index < -0.39 is 0 Å². The smallest absolute Gasteiger partial charge is 0.0136 e. The molecule has 1 aliphatic rings. The van der Waals surface area contributed by atoms with E-state index in [2.05, 4.69) is 110 Å². The third kappa shape index (κ3) is 3.85. The largest absolute Gasteiger partial charge is 0.0885 e. The quantitative estimate of drug-likeness (QED) is 0.250. The zero-order valence-corrected chi connectivity index (χ0v) is 18.6. The van der Waals surface area contributed by atoms with E-state index >= 15 is 0 Å². The minimum atomic E-state index is 0.160. The number of halogens is 1. The van der Waals surface area contributed by atoms with E-state index in [4.69, 9.17) is 0 Å². The van der Waals surface area contributed by atoms with Gasteiger partial charge in [-0.25, -0.2) is 0 Å². The first kappa shape index (κ1) is 18.7. The molecular formula is C26H27I. The summed E-state index contributed by atoms with van der Waals surface area (Å²) in [6.07, 6.45) is 8.27. The van der Waals surface area contributed by atoms with Gasteiger partial charge in [-0.15, -0.1) is 0 Å². The molecule has 1 heteroatoms. The summed E-state index contributed by atoms with van der Waals surface area (Å²) < 4.78 is 1.29. The molecule has 1 atom stereocenters. The number of rotatable bonds is 1. The lowest BCUT2D eigenvalue weighted by molar-refractivity contribution is 0.524. The van der Waals surface area contributed by atoms with Crippen molar-refractivity contribution in [3.05, 3.63) is 81.4 Å². The molecule has 0 heterocycles. The van der Waals surface area contributed by atoms with Gasteiger partial charge in [-0.2, -0.15) is 0 Å². The molecular weight excluding hydrogens is 439 g/mol. The summed E-state index contributed by atoms with van der Waals surface area (Å²) in [5.41, 5.74) is 5.85. The van der Waals surface area contributed by atoms with Crippen LogP contribution in [0.15, 0.2) is 66.7 Å². The van der Waals surface area contributed by atoms with Crippen molar-refractivity contribution < 1.29 is 0 Å². The van der Waals surface area contributed by atoms with Crippen LogP contribution in [0.2, 0.25) is 0 Å². The molecule has 0 nitrogen and oxygen atoms in total. The average Bonchev–Trinajstić information content (AvgIpc) is 2.71. The highest BCUT2D eigenvalue weighted by atomic mass is 127. The van der Waals surface area contributed by atoms with Crippen LogP contribution in [0.5, 0.6) is 0 Å². The van der Waals surface area contributed by atoms with Crippen LogP contribution in [0.1, 0.15) is 57.1 Å². The molecule has 0 saturated carbocycles. The Hall–Kier alpha value is -1.61. The highest BCUT2D eigenvalue weighted by Gasteiger charge is 2.25. The molecule has 0 fully saturated rings. The van der Waals surface area contributed by atoms with Crippen LogP contribution >= 0.6 is 22.6 Å². The molecule has 0 amide bonds. The summed E-state index contributed by atoms with van der Waals surface area (Å²) in [5, 5.41) is 2.62. The Balaban J connectivity index is 1.83. The number of benzene rings is 3. The van der Waals surface area contributed by atoms with Crippen molar-refractivity contribution in [1.29, 1.82) is 0 Å². The summed E-state index contributed by atoms with van der Waals surface area (Å²) >= 11 is 2.38. The van der Waals surface area contributed by atoms with Crippen LogP contribution in [0.4, 0.5) is 0 Å². The second-order valence-corrected chi connectivity index (χ2v) is 9.79. The van der Waals surface area contributed by atoms with Gasteiger partial charge >= 0.3 is 0 Å². The first-order chi connectivity index (χ1) is 12.9. The predicted molar refractivity (Wildman–Crippen MR) is 127 cm³/mol. The lowest BCUT2D eigenvalue weighted by Gasteiger charge is -2.29. The van der Waals surface area contributed by atoms with Crippen LogP contribution in [-0.2, 0) is 5.41 Å². The fourth-order valence-corrected chi connectivity index (χ4v) is 4.77. The summed E-state index contributed by atoms with van der Waals surface area (Å²) in [4.78, 5) is 0. The number of hydrogen-bond donors (Lipinski definition) is 0. The van der Waals surface area contributed by atoms with Gasteiger partial charge < -0.3 is 0 Å². The molecule has 3 aromatic rings. The molecule has 0 saturated heterocycles. The molecule has 27 heavy (non-hydrogen) atoms. The van der Waals surface area contributed by atoms with Gasteiger partial charge in [0.1, 0.15) is 0 Å². The van der Waals surface area contributed by atoms with E-state index in [9.17, 15) is 0 Å². The Kier molecular flexibility index (Phi) is 5.15. The minimum Gasteiger partial charge on any atom is -0.0885 e. The average molecular weight is 466 g/mol. The highest BCUT2D eigenvalue weighted by molar-refractivity contribution is 14.1. The highest BCUT2D eigenvalue weighted by Crippen LogP contribution is 2.39. The molecule has 0 aliphatic heterocycles. The van der Waals surface area contributed by atoms with Crippen LogP contribution in [-0.4, -0.2) is 0 Å². The van der Waals surface area contributed by atoms with Gasteiger partial charge in [-0.05, 0) is 104 Å². The third-order valence-corrected chi connectivity index (χ3v) is 6.68. The molecule has 0 bridgehead atoms. The van der Waals surface area contributed by atoms with Crippen molar-refractivity contribution in [2.75, 3.05) is 0 Å². The van der Waals surface area contributed by atoms with Gasteiger partial charge in [0.2, 0.25) is 0 Å². The zero-order valence-electron chi connectivity index (χ0n) is 16.4. The Labute approximate surface area is 176 Å². The third-order valence-electron chi connectivity index (χ3n) is 6.01. The molecule has 0 radical (unpaired) electrons. The Morgan fingerprint density at radius 3 is 2.41 bits per heavy atom. The fourth-order valence-electron chi connectivity index (χ4n) is 4.26. The van der Waals surface area contributed by atoms with Crippen LogP contribution in [0.25, 0.3) is 21.9 Å². The molecule has 0 spiro atoms. The van der Waals surface area contributed by atoms with E-state index in [1.807, 2.05) is 0 Å². The molecule has 1 aliphatic carbocycles. The monoisotopic (exact) mass is 466 g/mol. The first-order valence-corrected chi connectivity index (χ1v) is 11.0. The maximum Gasteiger partial charge on any atom is 0.0136 e. The van der Waals surface area contributed by atoms with Gasteiger partial charge in [0.25, 0.3) is 0 Å².